The van der Waals surface area contributed by atoms with Crippen molar-refractivity contribution in [2.45, 2.75) is 19.8 Å². The second-order valence-electron chi connectivity index (χ2n) is 4.66. The molecule has 1 N–H and O–H groups in total. The van der Waals surface area contributed by atoms with Crippen LogP contribution in [0.3, 0.4) is 0 Å². The van der Waals surface area contributed by atoms with Gasteiger partial charge in [0.05, 0.1) is 17.6 Å². The monoisotopic (exact) mass is 276 g/mol. The van der Waals surface area contributed by atoms with Gasteiger partial charge in [0.15, 0.2) is 10.4 Å². The number of H-pyrrole nitrogens is 1. The zero-order chi connectivity index (χ0) is 13.6. The fourth-order valence-electron chi connectivity index (χ4n) is 2.39. The van der Waals surface area contributed by atoms with Crippen LogP contribution in [0.4, 0.5) is 0 Å². The number of fused-ring (bicyclic) bond motifs is 1. The zero-order valence-corrected chi connectivity index (χ0v) is 12.0. The van der Waals surface area contributed by atoms with Crippen LogP contribution < -0.4 is 0 Å². The predicted octanol–water partition coefficient (Wildman–Crippen LogP) is 2.11. The lowest BCUT2D eigenvalue weighted by Crippen LogP contribution is -2.00. The summed E-state index contributed by atoms with van der Waals surface area (Å²) in [6, 6.07) is 0. The summed E-state index contributed by atoms with van der Waals surface area (Å²) >= 11 is 5.43. The number of aromatic nitrogens is 6. The normalized spacial score (nSPS) is 11.5. The third-order valence-corrected chi connectivity index (χ3v) is 3.46. The first-order chi connectivity index (χ1) is 9.11. The molecule has 3 rings (SSSR count). The Morgan fingerprint density at radius 3 is 2.79 bits per heavy atom. The molecule has 100 valence electrons. The van der Waals surface area contributed by atoms with E-state index in [0.717, 1.165) is 35.4 Å². The molecule has 0 atom stereocenters. The highest BCUT2D eigenvalue weighted by molar-refractivity contribution is 7.71. The molecule has 3 heterocycles. The molecule has 0 spiro atoms. The Balaban J connectivity index is 2.31. The van der Waals surface area contributed by atoms with E-state index in [0.29, 0.717) is 4.77 Å². The van der Waals surface area contributed by atoms with Crippen molar-refractivity contribution in [3.63, 3.8) is 0 Å². The molecule has 0 aliphatic carbocycles. The van der Waals surface area contributed by atoms with Crippen LogP contribution in [0.15, 0.2) is 12.4 Å². The molecule has 0 radical (unpaired) electrons. The van der Waals surface area contributed by atoms with E-state index in [1.165, 1.54) is 0 Å². The third-order valence-electron chi connectivity index (χ3n) is 3.17. The SMILES string of the molecule is CCCc1nn(C)c2c1[nH]c(=S)n2-c1cnn(C)c1. The standard InChI is InChI=1S/C12H16N6S/c1-4-5-9-10-11(17(3)15-9)18(12(19)14-10)8-6-13-16(2)7-8/h6-7H,4-5H2,1-3H3,(H,14,19). The number of rotatable bonds is 3. The second-order valence-corrected chi connectivity index (χ2v) is 5.04. The van der Waals surface area contributed by atoms with Gasteiger partial charge < -0.3 is 4.98 Å². The molecule has 0 aromatic carbocycles. The number of aryl methyl sites for hydroxylation is 3. The van der Waals surface area contributed by atoms with Gasteiger partial charge in [-0.25, -0.2) is 4.68 Å². The second kappa shape index (κ2) is 4.34. The van der Waals surface area contributed by atoms with Crippen LogP contribution in [-0.2, 0) is 20.5 Å². The fraction of sp³-hybridized carbons (Fsp3) is 0.417. The van der Waals surface area contributed by atoms with Crippen molar-refractivity contribution in [1.82, 2.24) is 29.1 Å². The molecule has 19 heavy (non-hydrogen) atoms. The molecular weight excluding hydrogens is 260 g/mol. The van der Waals surface area contributed by atoms with Gasteiger partial charge in [-0.15, -0.1) is 0 Å². The summed E-state index contributed by atoms with van der Waals surface area (Å²) in [5.41, 5.74) is 4.03. The smallest absolute Gasteiger partial charge is 0.184 e. The lowest BCUT2D eigenvalue weighted by Gasteiger charge is -2.00. The third kappa shape index (κ3) is 1.81. The molecule has 6 nitrogen and oxygen atoms in total. The molecule has 0 fully saturated rings. The molecule has 0 saturated heterocycles. The van der Waals surface area contributed by atoms with Crippen molar-refractivity contribution in [3.8, 4) is 5.69 Å². The Hall–Kier alpha value is -1.89. The highest BCUT2D eigenvalue weighted by Crippen LogP contribution is 2.22. The molecule has 7 heteroatoms. The Morgan fingerprint density at radius 2 is 2.16 bits per heavy atom. The highest BCUT2D eigenvalue weighted by Gasteiger charge is 2.16. The quantitative estimate of drug-likeness (QED) is 0.745. The van der Waals surface area contributed by atoms with Crippen molar-refractivity contribution >= 4 is 23.4 Å². The number of hydrogen-bond acceptors (Lipinski definition) is 3. The minimum atomic E-state index is 0.674. The minimum Gasteiger partial charge on any atom is -0.327 e. The first-order valence-electron chi connectivity index (χ1n) is 6.27. The number of imidazole rings is 1. The van der Waals surface area contributed by atoms with Crippen LogP contribution in [-0.4, -0.2) is 29.1 Å². The number of aromatic amines is 1. The highest BCUT2D eigenvalue weighted by atomic mass is 32.1. The summed E-state index contributed by atoms with van der Waals surface area (Å²) in [6.07, 6.45) is 5.75. The van der Waals surface area contributed by atoms with Gasteiger partial charge in [-0.05, 0) is 18.6 Å². The van der Waals surface area contributed by atoms with Gasteiger partial charge in [0.2, 0.25) is 0 Å². The Morgan fingerprint density at radius 1 is 1.37 bits per heavy atom. The van der Waals surface area contributed by atoms with Crippen molar-refractivity contribution in [2.75, 3.05) is 0 Å². The van der Waals surface area contributed by atoms with Crippen LogP contribution in [0, 0.1) is 4.77 Å². The molecule has 0 saturated carbocycles. The molecule has 0 unspecified atom stereocenters. The summed E-state index contributed by atoms with van der Waals surface area (Å²) < 4.78 is 6.29. The molecular formula is C12H16N6S. The molecule has 3 aromatic heterocycles. The first kappa shape index (κ1) is 12.2. The summed E-state index contributed by atoms with van der Waals surface area (Å²) in [5.74, 6) is 0. The van der Waals surface area contributed by atoms with Crippen molar-refractivity contribution in [3.05, 3.63) is 22.9 Å². The first-order valence-corrected chi connectivity index (χ1v) is 6.68. The van der Waals surface area contributed by atoms with Gasteiger partial charge in [-0.3, -0.25) is 9.25 Å². The van der Waals surface area contributed by atoms with Gasteiger partial charge in [0.25, 0.3) is 0 Å². The van der Waals surface area contributed by atoms with Gasteiger partial charge in [0.1, 0.15) is 5.52 Å². The summed E-state index contributed by atoms with van der Waals surface area (Å²) in [4.78, 5) is 3.27. The molecule has 0 amide bonds. The van der Waals surface area contributed by atoms with E-state index in [-0.39, 0.29) is 0 Å². The lowest BCUT2D eigenvalue weighted by atomic mass is 10.2. The number of hydrogen-bond donors (Lipinski definition) is 1. The van der Waals surface area contributed by atoms with Crippen LogP contribution in [0.5, 0.6) is 0 Å². The molecule has 0 aliphatic heterocycles. The molecule has 3 aromatic rings. The van der Waals surface area contributed by atoms with Gasteiger partial charge in [0, 0.05) is 20.3 Å². The van der Waals surface area contributed by atoms with E-state index < -0.39 is 0 Å². The van der Waals surface area contributed by atoms with E-state index in [1.807, 2.05) is 29.5 Å². The van der Waals surface area contributed by atoms with Crippen LogP contribution in [0.2, 0.25) is 0 Å². The van der Waals surface area contributed by atoms with E-state index in [4.69, 9.17) is 12.2 Å². The number of nitrogens with zero attached hydrogens (tertiary/aromatic N) is 5. The number of nitrogens with one attached hydrogen (secondary N) is 1. The largest absolute Gasteiger partial charge is 0.327 e. The van der Waals surface area contributed by atoms with E-state index in [1.54, 1.807) is 10.9 Å². The zero-order valence-electron chi connectivity index (χ0n) is 11.2. The van der Waals surface area contributed by atoms with Crippen molar-refractivity contribution in [1.29, 1.82) is 0 Å². The van der Waals surface area contributed by atoms with E-state index in [9.17, 15) is 0 Å². The average Bonchev–Trinajstić information content (AvgIpc) is 2.98. The van der Waals surface area contributed by atoms with Gasteiger partial charge in [-0.1, -0.05) is 13.3 Å². The lowest BCUT2D eigenvalue weighted by molar-refractivity contribution is 0.734. The van der Waals surface area contributed by atoms with Crippen LogP contribution >= 0.6 is 12.2 Å². The summed E-state index contributed by atoms with van der Waals surface area (Å²) in [7, 11) is 3.83. The Kier molecular flexibility index (Phi) is 2.78. The Bertz CT molecular complexity index is 787. The van der Waals surface area contributed by atoms with Gasteiger partial charge in [-0.2, -0.15) is 10.2 Å². The predicted molar refractivity (Wildman–Crippen MR) is 76.0 cm³/mol. The van der Waals surface area contributed by atoms with Crippen molar-refractivity contribution < 1.29 is 0 Å². The maximum absolute atomic E-state index is 5.43. The summed E-state index contributed by atoms with van der Waals surface area (Å²) in [5, 5.41) is 8.76. The van der Waals surface area contributed by atoms with Crippen LogP contribution in [0.25, 0.3) is 16.9 Å². The maximum atomic E-state index is 5.43. The topological polar surface area (TPSA) is 56.4 Å². The maximum Gasteiger partial charge on any atom is 0.184 e. The summed E-state index contributed by atoms with van der Waals surface area (Å²) in [6.45, 7) is 2.15. The van der Waals surface area contributed by atoms with Gasteiger partial charge >= 0.3 is 0 Å². The van der Waals surface area contributed by atoms with E-state index >= 15 is 0 Å². The minimum absolute atomic E-state index is 0.674. The van der Waals surface area contributed by atoms with Crippen molar-refractivity contribution in [2.24, 2.45) is 14.1 Å². The Labute approximate surface area is 115 Å². The average molecular weight is 276 g/mol. The fourth-order valence-corrected chi connectivity index (χ4v) is 2.68. The molecule has 0 aliphatic rings. The molecule has 0 bridgehead atoms. The van der Waals surface area contributed by atoms with E-state index in [2.05, 4.69) is 22.1 Å². The van der Waals surface area contributed by atoms with Crippen LogP contribution in [0.1, 0.15) is 19.0 Å².